The van der Waals surface area contributed by atoms with E-state index in [2.05, 4.69) is 0 Å². The molecule has 104 valence electrons. The Morgan fingerprint density at radius 1 is 1.39 bits per heavy atom. The van der Waals surface area contributed by atoms with Crippen molar-refractivity contribution in [2.45, 2.75) is 45.6 Å². The Morgan fingerprint density at radius 2 is 2.11 bits per heavy atom. The van der Waals surface area contributed by atoms with Crippen molar-refractivity contribution in [3.8, 4) is 0 Å². The van der Waals surface area contributed by atoms with E-state index in [1.165, 1.54) is 0 Å². The van der Waals surface area contributed by atoms with Crippen LogP contribution in [0.1, 0.15) is 39.5 Å². The fraction of sp³-hybridized carbons (Fsp3) is 0.846. The lowest BCUT2D eigenvalue weighted by Crippen LogP contribution is -2.47. The fourth-order valence-corrected chi connectivity index (χ4v) is 2.27. The van der Waals surface area contributed by atoms with E-state index in [4.69, 9.17) is 9.84 Å². The minimum atomic E-state index is -0.797. The summed E-state index contributed by atoms with van der Waals surface area (Å²) >= 11 is 0. The highest BCUT2D eigenvalue weighted by Crippen LogP contribution is 2.23. The molecule has 0 radical (unpaired) electrons. The van der Waals surface area contributed by atoms with Gasteiger partial charge < -0.3 is 14.7 Å². The van der Waals surface area contributed by atoms with Gasteiger partial charge in [0.1, 0.15) is 0 Å². The highest BCUT2D eigenvalue weighted by atomic mass is 16.5. The number of piperidine rings is 1. The molecular weight excluding hydrogens is 234 g/mol. The summed E-state index contributed by atoms with van der Waals surface area (Å²) in [6.45, 7) is 5.51. The van der Waals surface area contributed by atoms with E-state index in [0.29, 0.717) is 39.0 Å². The van der Waals surface area contributed by atoms with Crippen molar-refractivity contribution in [1.29, 1.82) is 0 Å². The smallest absolute Gasteiger partial charge is 0.308 e. The second-order valence-corrected chi connectivity index (χ2v) is 4.81. The van der Waals surface area contributed by atoms with Crippen molar-refractivity contribution < 1.29 is 19.4 Å². The SMILES string of the molecule is CCOCCCC(=O)N1CC(C(=O)O)CCC1C. The molecule has 2 unspecified atom stereocenters. The maximum absolute atomic E-state index is 12.0. The van der Waals surface area contributed by atoms with E-state index in [1.807, 2.05) is 13.8 Å². The predicted octanol–water partition coefficient (Wildman–Crippen LogP) is 1.51. The number of ether oxygens (including phenoxy) is 1. The van der Waals surface area contributed by atoms with Crippen LogP contribution in [0.25, 0.3) is 0 Å². The maximum atomic E-state index is 12.0. The van der Waals surface area contributed by atoms with Gasteiger partial charge in [0.05, 0.1) is 5.92 Å². The molecule has 0 aromatic carbocycles. The first-order chi connectivity index (χ1) is 8.56. The Bertz CT molecular complexity index is 293. The number of likely N-dealkylation sites (tertiary alicyclic amines) is 1. The van der Waals surface area contributed by atoms with Gasteiger partial charge in [0.25, 0.3) is 0 Å². The summed E-state index contributed by atoms with van der Waals surface area (Å²) in [5.41, 5.74) is 0. The third-order valence-electron chi connectivity index (χ3n) is 3.44. The first-order valence-corrected chi connectivity index (χ1v) is 6.66. The summed E-state index contributed by atoms with van der Waals surface area (Å²) in [5.74, 6) is -1.15. The number of aliphatic carboxylic acids is 1. The van der Waals surface area contributed by atoms with Crippen LogP contribution in [0.15, 0.2) is 0 Å². The molecule has 5 nitrogen and oxygen atoms in total. The van der Waals surface area contributed by atoms with E-state index in [0.717, 1.165) is 6.42 Å². The highest BCUT2D eigenvalue weighted by molar-refractivity contribution is 5.78. The van der Waals surface area contributed by atoms with Gasteiger partial charge in [-0.25, -0.2) is 0 Å². The Kier molecular flexibility index (Phi) is 6.12. The molecule has 1 aliphatic rings. The zero-order valence-corrected chi connectivity index (χ0v) is 11.2. The van der Waals surface area contributed by atoms with Gasteiger partial charge in [-0.3, -0.25) is 9.59 Å². The number of carboxylic acids is 1. The normalized spacial score (nSPS) is 24.0. The number of hydrogen-bond donors (Lipinski definition) is 1. The van der Waals surface area contributed by atoms with Crippen LogP contribution in [0.5, 0.6) is 0 Å². The number of carbonyl (C=O) groups excluding carboxylic acids is 1. The average Bonchev–Trinajstić information content (AvgIpc) is 2.34. The van der Waals surface area contributed by atoms with E-state index < -0.39 is 11.9 Å². The number of hydrogen-bond acceptors (Lipinski definition) is 3. The van der Waals surface area contributed by atoms with E-state index in [-0.39, 0.29) is 11.9 Å². The molecule has 0 saturated carbocycles. The van der Waals surface area contributed by atoms with Crippen LogP contribution in [0, 0.1) is 5.92 Å². The fourth-order valence-electron chi connectivity index (χ4n) is 2.27. The van der Waals surface area contributed by atoms with Crippen LogP contribution in [-0.4, -0.2) is 47.7 Å². The maximum Gasteiger partial charge on any atom is 0.308 e. The highest BCUT2D eigenvalue weighted by Gasteiger charge is 2.31. The van der Waals surface area contributed by atoms with Gasteiger partial charge >= 0.3 is 5.97 Å². The lowest BCUT2D eigenvalue weighted by molar-refractivity contribution is -0.147. The van der Waals surface area contributed by atoms with Crippen molar-refractivity contribution in [2.75, 3.05) is 19.8 Å². The number of carboxylic acid groups (broad SMARTS) is 1. The lowest BCUT2D eigenvalue weighted by atomic mass is 9.93. The van der Waals surface area contributed by atoms with Gasteiger partial charge in [-0.1, -0.05) is 0 Å². The first kappa shape index (κ1) is 15.0. The molecule has 0 aromatic heterocycles. The van der Waals surface area contributed by atoms with Crippen LogP contribution < -0.4 is 0 Å². The lowest BCUT2D eigenvalue weighted by Gasteiger charge is -2.36. The van der Waals surface area contributed by atoms with Crippen LogP contribution >= 0.6 is 0 Å². The molecule has 5 heteroatoms. The Morgan fingerprint density at radius 3 is 2.72 bits per heavy atom. The second-order valence-electron chi connectivity index (χ2n) is 4.81. The summed E-state index contributed by atoms with van der Waals surface area (Å²) in [4.78, 5) is 24.7. The summed E-state index contributed by atoms with van der Waals surface area (Å²) in [6, 6.07) is 0.153. The predicted molar refractivity (Wildman–Crippen MR) is 67.3 cm³/mol. The minimum Gasteiger partial charge on any atom is -0.481 e. The number of amides is 1. The average molecular weight is 257 g/mol. The van der Waals surface area contributed by atoms with E-state index in [9.17, 15) is 9.59 Å². The van der Waals surface area contributed by atoms with Crippen molar-refractivity contribution in [1.82, 2.24) is 4.90 Å². The zero-order valence-electron chi connectivity index (χ0n) is 11.2. The molecular formula is C13H23NO4. The molecule has 1 amide bonds. The van der Waals surface area contributed by atoms with Gasteiger partial charge in [-0.2, -0.15) is 0 Å². The third kappa shape index (κ3) is 4.29. The van der Waals surface area contributed by atoms with Crippen molar-refractivity contribution in [3.05, 3.63) is 0 Å². The van der Waals surface area contributed by atoms with E-state index in [1.54, 1.807) is 4.90 Å². The Balaban J connectivity index is 2.41. The molecule has 0 aliphatic carbocycles. The van der Waals surface area contributed by atoms with Gasteiger partial charge in [-0.05, 0) is 33.1 Å². The molecule has 0 aromatic rings. The molecule has 1 aliphatic heterocycles. The van der Waals surface area contributed by atoms with Gasteiger partial charge in [-0.15, -0.1) is 0 Å². The molecule has 1 saturated heterocycles. The van der Waals surface area contributed by atoms with Crippen LogP contribution in [-0.2, 0) is 14.3 Å². The molecule has 2 atom stereocenters. The number of nitrogens with zero attached hydrogens (tertiary/aromatic N) is 1. The molecule has 1 N–H and O–H groups in total. The van der Waals surface area contributed by atoms with Crippen LogP contribution in [0.4, 0.5) is 0 Å². The zero-order chi connectivity index (χ0) is 13.5. The van der Waals surface area contributed by atoms with Crippen molar-refractivity contribution in [2.24, 2.45) is 5.92 Å². The van der Waals surface area contributed by atoms with Crippen LogP contribution in [0.3, 0.4) is 0 Å². The van der Waals surface area contributed by atoms with Gasteiger partial charge in [0.15, 0.2) is 0 Å². The summed E-state index contributed by atoms with van der Waals surface area (Å²) < 4.78 is 5.19. The quantitative estimate of drug-likeness (QED) is 0.732. The molecule has 18 heavy (non-hydrogen) atoms. The van der Waals surface area contributed by atoms with Crippen LogP contribution in [0.2, 0.25) is 0 Å². The van der Waals surface area contributed by atoms with Gasteiger partial charge in [0, 0.05) is 32.2 Å². The Hall–Kier alpha value is -1.10. The molecule has 0 spiro atoms. The third-order valence-corrected chi connectivity index (χ3v) is 3.44. The molecule has 1 rings (SSSR count). The standard InChI is InChI=1S/C13H23NO4/c1-3-18-8-4-5-12(15)14-9-11(13(16)17)7-6-10(14)2/h10-11H,3-9H2,1-2H3,(H,16,17). The van der Waals surface area contributed by atoms with Crippen molar-refractivity contribution >= 4 is 11.9 Å². The number of carbonyl (C=O) groups is 2. The summed E-state index contributed by atoms with van der Waals surface area (Å²) in [6.07, 6.45) is 2.58. The summed E-state index contributed by atoms with van der Waals surface area (Å²) in [5, 5.41) is 9.01. The topological polar surface area (TPSA) is 66.8 Å². The van der Waals surface area contributed by atoms with Crippen molar-refractivity contribution in [3.63, 3.8) is 0 Å². The monoisotopic (exact) mass is 257 g/mol. The largest absolute Gasteiger partial charge is 0.481 e. The number of rotatable bonds is 6. The van der Waals surface area contributed by atoms with E-state index >= 15 is 0 Å². The minimum absolute atomic E-state index is 0.0492. The summed E-state index contributed by atoms with van der Waals surface area (Å²) in [7, 11) is 0. The van der Waals surface area contributed by atoms with Gasteiger partial charge in [0.2, 0.25) is 5.91 Å². The molecule has 1 heterocycles. The molecule has 1 fully saturated rings. The Labute approximate surface area is 108 Å². The molecule has 0 bridgehead atoms. The first-order valence-electron chi connectivity index (χ1n) is 6.66. The second kappa shape index (κ2) is 7.36.